The number of pyridine rings is 1. The van der Waals surface area contributed by atoms with Gasteiger partial charge in [-0.05, 0) is 54.7 Å². The van der Waals surface area contributed by atoms with E-state index in [0.29, 0.717) is 0 Å². The summed E-state index contributed by atoms with van der Waals surface area (Å²) in [6, 6.07) is 1.84. The van der Waals surface area contributed by atoms with Gasteiger partial charge in [-0.15, -0.1) is 0 Å². The first-order chi connectivity index (χ1) is 8.10. The molecule has 17 heavy (non-hydrogen) atoms. The standard InChI is InChI=1S/C12H16BrN3O/c1-12(4-2-3-5-15-12)11(17)16-10-6-9(13)7-14-8-10/h6-8,15H,2-5H2,1H3,(H,16,17). The molecule has 1 aliphatic heterocycles. The molecule has 0 radical (unpaired) electrons. The maximum atomic E-state index is 12.2. The van der Waals surface area contributed by atoms with Crippen molar-refractivity contribution in [1.29, 1.82) is 0 Å². The van der Waals surface area contributed by atoms with E-state index in [1.807, 2.05) is 13.0 Å². The lowest BCUT2D eigenvalue weighted by Crippen LogP contribution is -2.54. The van der Waals surface area contributed by atoms with E-state index in [9.17, 15) is 4.79 Å². The van der Waals surface area contributed by atoms with Gasteiger partial charge in [-0.2, -0.15) is 0 Å². The summed E-state index contributed by atoms with van der Waals surface area (Å²) in [6.45, 7) is 2.85. The molecule has 5 heteroatoms. The van der Waals surface area contributed by atoms with Crippen LogP contribution in [0.25, 0.3) is 0 Å². The van der Waals surface area contributed by atoms with Crippen molar-refractivity contribution in [3.05, 3.63) is 22.9 Å². The first-order valence-electron chi connectivity index (χ1n) is 5.77. The fraction of sp³-hybridized carbons (Fsp3) is 0.500. The van der Waals surface area contributed by atoms with Crippen LogP contribution in [-0.2, 0) is 4.79 Å². The SMILES string of the molecule is CC1(C(=O)Nc2cncc(Br)c2)CCCCN1. The van der Waals surface area contributed by atoms with Crippen LogP contribution in [-0.4, -0.2) is 23.0 Å². The molecule has 0 saturated carbocycles. The molecular weight excluding hydrogens is 282 g/mol. The van der Waals surface area contributed by atoms with Crippen LogP contribution < -0.4 is 10.6 Å². The van der Waals surface area contributed by atoms with Gasteiger partial charge in [-0.25, -0.2) is 0 Å². The highest BCUT2D eigenvalue weighted by Crippen LogP contribution is 2.21. The van der Waals surface area contributed by atoms with Crippen LogP contribution in [0.15, 0.2) is 22.9 Å². The van der Waals surface area contributed by atoms with E-state index >= 15 is 0 Å². The van der Waals surface area contributed by atoms with Gasteiger partial charge in [0.15, 0.2) is 0 Å². The number of rotatable bonds is 2. The lowest BCUT2D eigenvalue weighted by molar-refractivity contribution is -0.122. The predicted octanol–water partition coefficient (Wildman–Crippen LogP) is 2.31. The first-order valence-corrected chi connectivity index (χ1v) is 6.56. The second kappa shape index (κ2) is 5.14. The number of aromatic nitrogens is 1. The summed E-state index contributed by atoms with van der Waals surface area (Å²) >= 11 is 3.33. The molecule has 0 aromatic carbocycles. The van der Waals surface area contributed by atoms with Crippen LogP contribution in [0.1, 0.15) is 26.2 Å². The van der Waals surface area contributed by atoms with E-state index in [1.54, 1.807) is 12.4 Å². The largest absolute Gasteiger partial charge is 0.323 e. The number of hydrogen-bond acceptors (Lipinski definition) is 3. The van der Waals surface area contributed by atoms with Crippen molar-refractivity contribution in [2.75, 3.05) is 11.9 Å². The molecule has 0 spiro atoms. The zero-order valence-electron chi connectivity index (χ0n) is 9.79. The van der Waals surface area contributed by atoms with Gasteiger partial charge < -0.3 is 10.6 Å². The van der Waals surface area contributed by atoms with Gasteiger partial charge in [0, 0.05) is 10.7 Å². The number of amides is 1. The summed E-state index contributed by atoms with van der Waals surface area (Å²) in [6.07, 6.45) is 6.44. The highest BCUT2D eigenvalue weighted by molar-refractivity contribution is 9.10. The number of nitrogens with one attached hydrogen (secondary N) is 2. The van der Waals surface area contributed by atoms with E-state index in [-0.39, 0.29) is 5.91 Å². The van der Waals surface area contributed by atoms with Crippen LogP contribution in [0.5, 0.6) is 0 Å². The average Bonchev–Trinajstić information content (AvgIpc) is 2.30. The summed E-state index contributed by atoms with van der Waals surface area (Å²) < 4.78 is 0.858. The van der Waals surface area contributed by atoms with Gasteiger partial charge in [0.1, 0.15) is 0 Å². The predicted molar refractivity (Wildman–Crippen MR) is 70.8 cm³/mol. The van der Waals surface area contributed by atoms with Gasteiger partial charge in [0.25, 0.3) is 0 Å². The van der Waals surface area contributed by atoms with Crippen LogP contribution in [0, 0.1) is 0 Å². The van der Waals surface area contributed by atoms with E-state index in [1.165, 1.54) is 0 Å². The number of carbonyl (C=O) groups is 1. The Morgan fingerprint density at radius 1 is 1.53 bits per heavy atom. The smallest absolute Gasteiger partial charge is 0.244 e. The maximum Gasteiger partial charge on any atom is 0.244 e. The van der Waals surface area contributed by atoms with Crippen molar-refractivity contribution in [3.63, 3.8) is 0 Å². The second-order valence-corrected chi connectivity index (χ2v) is 5.48. The van der Waals surface area contributed by atoms with Gasteiger partial charge in [0.05, 0.1) is 17.4 Å². The van der Waals surface area contributed by atoms with Crippen LogP contribution in [0.3, 0.4) is 0 Å². The molecule has 0 bridgehead atoms. The third kappa shape index (κ3) is 3.04. The van der Waals surface area contributed by atoms with Crippen molar-refractivity contribution < 1.29 is 4.79 Å². The lowest BCUT2D eigenvalue weighted by atomic mass is 9.90. The van der Waals surface area contributed by atoms with Crippen molar-refractivity contribution in [2.24, 2.45) is 0 Å². The Morgan fingerprint density at radius 2 is 2.35 bits per heavy atom. The Balaban J connectivity index is 2.05. The molecule has 1 saturated heterocycles. The fourth-order valence-corrected chi connectivity index (χ4v) is 2.36. The summed E-state index contributed by atoms with van der Waals surface area (Å²) in [5.74, 6) is 0.0112. The molecule has 1 amide bonds. The Hall–Kier alpha value is -0.940. The molecule has 0 aliphatic carbocycles. The topological polar surface area (TPSA) is 54.0 Å². The van der Waals surface area contributed by atoms with Gasteiger partial charge >= 0.3 is 0 Å². The average molecular weight is 298 g/mol. The Kier molecular flexibility index (Phi) is 3.79. The van der Waals surface area contributed by atoms with Gasteiger partial charge in [-0.1, -0.05) is 0 Å². The van der Waals surface area contributed by atoms with Crippen molar-refractivity contribution in [1.82, 2.24) is 10.3 Å². The molecule has 1 unspecified atom stereocenters. The molecule has 2 N–H and O–H groups in total. The quantitative estimate of drug-likeness (QED) is 0.881. The number of nitrogens with zero attached hydrogens (tertiary/aromatic N) is 1. The molecule has 1 fully saturated rings. The minimum Gasteiger partial charge on any atom is -0.323 e. The van der Waals surface area contributed by atoms with Crippen LogP contribution >= 0.6 is 15.9 Å². The van der Waals surface area contributed by atoms with Crippen molar-refractivity contribution in [2.45, 2.75) is 31.7 Å². The monoisotopic (exact) mass is 297 g/mol. The lowest BCUT2D eigenvalue weighted by Gasteiger charge is -2.33. The molecule has 2 rings (SSSR count). The highest BCUT2D eigenvalue weighted by Gasteiger charge is 2.34. The molecule has 1 atom stereocenters. The molecule has 1 aromatic rings. The highest BCUT2D eigenvalue weighted by atomic mass is 79.9. The van der Waals surface area contributed by atoms with Crippen LogP contribution in [0.4, 0.5) is 5.69 Å². The van der Waals surface area contributed by atoms with Gasteiger partial charge in [0.2, 0.25) is 5.91 Å². The van der Waals surface area contributed by atoms with E-state index in [0.717, 1.165) is 36.0 Å². The molecule has 92 valence electrons. The zero-order chi connectivity index (χ0) is 12.3. The van der Waals surface area contributed by atoms with E-state index in [4.69, 9.17) is 0 Å². The fourth-order valence-electron chi connectivity index (χ4n) is 2.00. The Morgan fingerprint density at radius 3 is 3.00 bits per heavy atom. The Labute approximate surface area is 109 Å². The normalized spacial score (nSPS) is 24.4. The minimum absolute atomic E-state index is 0.0112. The van der Waals surface area contributed by atoms with Gasteiger partial charge in [-0.3, -0.25) is 9.78 Å². The van der Waals surface area contributed by atoms with Crippen LogP contribution in [0.2, 0.25) is 0 Å². The molecule has 2 heterocycles. The summed E-state index contributed by atoms with van der Waals surface area (Å²) in [7, 11) is 0. The minimum atomic E-state index is -0.458. The number of halogens is 1. The maximum absolute atomic E-state index is 12.2. The molecule has 1 aromatic heterocycles. The molecule has 1 aliphatic rings. The molecule has 4 nitrogen and oxygen atoms in total. The second-order valence-electron chi connectivity index (χ2n) is 4.56. The van der Waals surface area contributed by atoms with E-state index < -0.39 is 5.54 Å². The zero-order valence-corrected chi connectivity index (χ0v) is 11.4. The third-order valence-corrected chi connectivity index (χ3v) is 3.52. The summed E-state index contributed by atoms with van der Waals surface area (Å²) in [5.41, 5.74) is 0.263. The van der Waals surface area contributed by atoms with Crippen molar-refractivity contribution in [3.8, 4) is 0 Å². The number of anilines is 1. The van der Waals surface area contributed by atoms with Crippen molar-refractivity contribution >= 4 is 27.5 Å². The molecular formula is C12H16BrN3O. The number of hydrogen-bond donors (Lipinski definition) is 2. The third-order valence-electron chi connectivity index (χ3n) is 3.08. The first kappa shape index (κ1) is 12.5. The number of carbonyl (C=O) groups excluding carboxylic acids is 1. The Bertz CT molecular complexity index is 416. The summed E-state index contributed by atoms with van der Waals surface area (Å²) in [5, 5.41) is 6.18. The van der Waals surface area contributed by atoms with E-state index in [2.05, 4.69) is 31.5 Å². The summed E-state index contributed by atoms with van der Waals surface area (Å²) in [4.78, 5) is 16.2. The number of piperidine rings is 1.